The van der Waals surface area contributed by atoms with Gasteiger partial charge in [-0.25, -0.2) is 4.68 Å². The van der Waals surface area contributed by atoms with Gasteiger partial charge in [0.15, 0.2) is 0 Å². The lowest BCUT2D eigenvalue weighted by Gasteiger charge is -2.35. The Labute approximate surface area is 183 Å². The number of piperazine rings is 1. The zero-order valence-electron chi connectivity index (χ0n) is 18.3. The van der Waals surface area contributed by atoms with Crippen molar-refractivity contribution in [1.29, 1.82) is 0 Å². The van der Waals surface area contributed by atoms with Gasteiger partial charge >= 0.3 is 0 Å². The minimum atomic E-state index is -0.0468. The van der Waals surface area contributed by atoms with Crippen LogP contribution in [0.15, 0.2) is 60.8 Å². The molecule has 0 bridgehead atoms. The number of para-hydroxylation sites is 1. The minimum Gasteiger partial charge on any atom is -0.339 e. The van der Waals surface area contributed by atoms with E-state index < -0.39 is 0 Å². The molecule has 1 aliphatic heterocycles. The summed E-state index contributed by atoms with van der Waals surface area (Å²) in [6.07, 6.45) is 1.82. The second-order valence-corrected chi connectivity index (χ2v) is 8.31. The number of carbonyl (C=O) groups is 2. The Morgan fingerprint density at radius 1 is 0.871 bits per heavy atom. The molecule has 0 saturated carbocycles. The van der Waals surface area contributed by atoms with Crippen LogP contribution in [-0.2, 0) is 4.79 Å². The molecule has 0 atom stereocenters. The van der Waals surface area contributed by atoms with Crippen molar-refractivity contribution in [3.8, 4) is 16.9 Å². The van der Waals surface area contributed by atoms with Crippen LogP contribution < -0.4 is 0 Å². The van der Waals surface area contributed by atoms with Crippen LogP contribution in [0.25, 0.3) is 16.9 Å². The Balaban J connectivity index is 1.63. The quantitative estimate of drug-likeness (QED) is 0.650. The van der Waals surface area contributed by atoms with E-state index in [0.717, 1.165) is 16.8 Å². The molecule has 1 saturated heterocycles. The normalized spacial score (nSPS) is 14.2. The Kier molecular flexibility index (Phi) is 5.89. The first-order chi connectivity index (χ1) is 14.9. The summed E-state index contributed by atoms with van der Waals surface area (Å²) in [4.78, 5) is 29.4. The molecule has 0 aliphatic carbocycles. The third-order valence-corrected chi connectivity index (χ3v) is 5.66. The summed E-state index contributed by atoms with van der Waals surface area (Å²) in [6, 6.07) is 17.9. The molecule has 160 valence electrons. The van der Waals surface area contributed by atoms with Crippen LogP contribution in [0.4, 0.5) is 0 Å². The van der Waals surface area contributed by atoms with Gasteiger partial charge in [0.25, 0.3) is 5.91 Å². The highest BCUT2D eigenvalue weighted by atomic mass is 16.2. The molecule has 2 heterocycles. The van der Waals surface area contributed by atoms with Crippen LogP contribution >= 0.6 is 0 Å². The van der Waals surface area contributed by atoms with E-state index in [4.69, 9.17) is 5.10 Å². The summed E-state index contributed by atoms with van der Waals surface area (Å²) < 4.78 is 1.76. The van der Waals surface area contributed by atoms with E-state index in [9.17, 15) is 9.59 Å². The first kappa shape index (κ1) is 20.8. The maximum absolute atomic E-state index is 13.5. The summed E-state index contributed by atoms with van der Waals surface area (Å²) >= 11 is 0. The topological polar surface area (TPSA) is 58.4 Å². The molecule has 0 radical (unpaired) electrons. The van der Waals surface area contributed by atoms with Crippen molar-refractivity contribution in [3.63, 3.8) is 0 Å². The van der Waals surface area contributed by atoms with Gasteiger partial charge in [-0.1, -0.05) is 61.9 Å². The van der Waals surface area contributed by atoms with Crippen LogP contribution in [0.5, 0.6) is 0 Å². The molecule has 0 spiro atoms. The minimum absolute atomic E-state index is 0.0282. The van der Waals surface area contributed by atoms with Crippen LogP contribution in [0.1, 0.15) is 29.8 Å². The van der Waals surface area contributed by atoms with Gasteiger partial charge in [-0.3, -0.25) is 9.59 Å². The zero-order chi connectivity index (χ0) is 22.0. The standard InChI is InChI=1S/C25H28N4O2/c1-18(2)24(30)27-13-15-28(16-14-27)25(31)22-17-29(21-7-5-4-6-8-21)26-23(22)20-11-9-19(3)10-12-20/h4-12,17-18H,13-16H2,1-3H3. The second kappa shape index (κ2) is 8.76. The Morgan fingerprint density at radius 2 is 1.48 bits per heavy atom. The van der Waals surface area contributed by atoms with Gasteiger partial charge in [0.1, 0.15) is 5.69 Å². The number of carbonyl (C=O) groups excluding carboxylic acids is 2. The molecule has 6 nitrogen and oxygen atoms in total. The summed E-state index contributed by atoms with van der Waals surface area (Å²) in [5.41, 5.74) is 4.23. The van der Waals surface area contributed by atoms with E-state index in [2.05, 4.69) is 0 Å². The Bertz CT molecular complexity index is 1060. The SMILES string of the molecule is Cc1ccc(-c2nn(-c3ccccc3)cc2C(=O)N2CCN(C(=O)C(C)C)CC2)cc1. The number of benzene rings is 2. The third-order valence-electron chi connectivity index (χ3n) is 5.66. The average Bonchev–Trinajstić information content (AvgIpc) is 3.24. The summed E-state index contributed by atoms with van der Waals surface area (Å²) in [7, 11) is 0. The van der Waals surface area contributed by atoms with Gasteiger partial charge in [-0.05, 0) is 19.1 Å². The Morgan fingerprint density at radius 3 is 2.10 bits per heavy atom. The average molecular weight is 417 g/mol. The van der Waals surface area contributed by atoms with Crippen molar-refractivity contribution in [2.75, 3.05) is 26.2 Å². The fourth-order valence-corrected chi connectivity index (χ4v) is 3.83. The van der Waals surface area contributed by atoms with Crippen LogP contribution in [0.2, 0.25) is 0 Å². The molecule has 2 amide bonds. The van der Waals surface area contributed by atoms with E-state index >= 15 is 0 Å². The highest BCUT2D eigenvalue weighted by molar-refractivity contribution is 6.00. The highest BCUT2D eigenvalue weighted by Crippen LogP contribution is 2.26. The lowest BCUT2D eigenvalue weighted by atomic mass is 10.1. The predicted molar refractivity (Wildman–Crippen MR) is 121 cm³/mol. The van der Waals surface area contributed by atoms with Gasteiger partial charge in [0.05, 0.1) is 11.3 Å². The first-order valence-electron chi connectivity index (χ1n) is 10.7. The van der Waals surface area contributed by atoms with Crippen molar-refractivity contribution >= 4 is 11.8 Å². The molecule has 1 aromatic heterocycles. The van der Waals surface area contributed by atoms with Crippen molar-refractivity contribution < 1.29 is 9.59 Å². The van der Waals surface area contributed by atoms with Gasteiger partial charge in [0.2, 0.25) is 5.91 Å². The first-order valence-corrected chi connectivity index (χ1v) is 10.7. The van der Waals surface area contributed by atoms with Crippen LogP contribution in [0, 0.1) is 12.8 Å². The molecule has 1 aliphatic rings. The molecular weight excluding hydrogens is 388 g/mol. The third kappa shape index (κ3) is 4.38. The highest BCUT2D eigenvalue weighted by Gasteiger charge is 2.28. The van der Waals surface area contributed by atoms with Gasteiger partial charge in [-0.2, -0.15) is 5.10 Å². The van der Waals surface area contributed by atoms with Gasteiger partial charge in [-0.15, -0.1) is 0 Å². The number of aryl methyl sites for hydroxylation is 1. The molecular formula is C25H28N4O2. The molecule has 3 aromatic rings. The number of rotatable bonds is 4. The molecule has 6 heteroatoms. The number of nitrogens with zero attached hydrogens (tertiary/aromatic N) is 4. The summed E-state index contributed by atoms with van der Waals surface area (Å²) in [6.45, 7) is 8.04. The second-order valence-electron chi connectivity index (χ2n) is 8.31. The zero-order valence-corrected chi connectivity index (χ0v) is 18.3. The van der Waals surface area contributed by atoms with Gasteiger partial charge in [0, 0.05) is 43.9 Å². The monoisotopic (exact) mass is 416 g/mol. The largest absolute Gasteiger partial charge is 0.339 e. The van der Waals surface area contributed by atoms with Crippen LogP contribution in [-0.4, -0.2) is 57.6 Å². The molecule has 4 rings (SSSR count). The lowest BCUT2D eigenvalue weighted by molar-refractivity contribution is -0.135. The van der Waals surface area contributed by atoms with E-state index in [1.165, 1.54) is 0 Å². The van der Waals surface area contributed by atoms with Crippen molar-refractivity contribution in [3.05, 3.63) is 71.9 Å². The Hall–Kier alpha value is -3.41. The molecule has 1 fully saturated rings. The maximum Gasteiger partial charge on any atom is 0.257 e. The fraction of sp³-hybridized carbons (Fsp3) is 0.320. The van der Waals surface area contributed by atoms with E-state index in [0.29, 0.717) is 37.4 Å². The fourth-order valence-electron chi connectivity index (χ4n) is 3.83. The molecule has 31 heavy (non-hydrogen) atoms. The van der Waals surface area contributed by atoms with E-state index in [-0.39, 0.29) is 17.7 Å². The number of aromatic nitrogens is 2. The number of amides is 2. The number of hydrogen-bond donors (Lipinski definition) is 0. The summed E-state index contributed by atoms with van der Waals surface area (Å²) in [5.74, 6) is 0.0678. The maximum atomic E-state index is 13.5. The smallest absolute Gasteiger partial charge is 0.257 e. The molecule has 0 N–H and O–H groups in total. The van der Waals surface area contributed by atoms with Crippen molar-refractivity contribution in [1.82, 2.24) is 19.6 Å². The van der Waals surface area contributed by atoms with E-state index in [1.54, 1.807) is 4.68 Å². The predicted octanol–water partition coefficient (Wildman–Crippen LogP) is 3.79. The lowest BCUT2D eigenvalue weighted by Crippen LogP contribution is -2.51. The molecule has 0 unspecified atom stereocenters. The van der Waals surface area contributed by atoms with Crippen molar-refractivity contribution in [2.24, 2.45) is 5.92 Å². The van der Waals surface area contributed by atoms with Gasteiger partial charge < -0.3 is 9.80 Å². The van der Waals surface area contributed by atoms with E-state index in [1.807, 2.05) is 91.4 Å². The molecule has 2 aromatic carbocycles. The van der Waals surface area contributed by atoms with Crippen LogP contribution in [0.3, 0.4) is 0 Å². The summed E-state index contributed by atoms with van der Waals surface area (Å²) in [5, 5.41) is 4.77. The number of hydrogen-bond acceptors (Lipinski definition) is 3. The van der Waals surface area contributed by atoms with Crippen molar-refractivity contribution in [2.45, 2.75) is 20.8 Å².